The van der Waals surface area contributed by atoms with Gasteiger partial charge in [0.05, 0.1) is 19.1 Å². The molecule has 2 aromatic carbocycles. The molecule has 0 bridgehead atoms. The zero-order valence-electron chi connectivity index (χ0n) is 18.4. The molecule has 0 aliphatic carbocycles. The van der Waals surface area contributed by atoms with Crippen molar-refractivity contribution in [3.05, 3.63) is 95.3 Å². The number of nitrogens with zero attached hydrogens (tertiary/aromatic N) is 2. The Morgan fingerprint density at radius 3 is 2.50 bits per heavy atom. The van der Waals surface area contributed by atoms with E-state index >= 15 is 0 Å². The number of para-hydroxylation sites is 1. The lowest BCUT2D eigenvalue weighted by Crippen LogP contribution is -2.43. The zero-order valence-corrected chi connectivity index (χ0v) is 18.4. The summed E-state index contributed by atoms with van der Waals surface area (Å²) in [7, 11) is 0. The smallest absolute Gasteiger partial charge is 0.290 e. The third-order valence-corrected chi connectivity index (χ3v) is 6.47. The van der Waals surface area contributed by atoms with Gasteiger partial charge in [0.25, 0.3) is 6.47 Å². The van der Waals surface area contributed by atoms with Gasteiger partial charge in [-0.3, -0.25) is 19.4 Å². The second-order valence-corrected chi connectivity index (χ2v) is 8.25. The summed E-state index contributed by atoms with van der Waals surface area (Å²) in [6.07, 6.45) is 4.25. The molecule has 0 saturated carbocycles. The predicted octanol–water partition coefficient (Wildman–Crippen LogP) is 2.68. The summed E-state index contributed by atoms with van der Waals surface area (Å²) in [5.74, 6) is -0.0928. The molecule has 34 heavy (non-hydrogen) atoms. The number of hydrogen-bond acceptors (Lipinski definition) is 5. The first-order valence-corrected chi connectivity index (χ1v) is 10.9. The van der Waals surface area contributed by atoms with Crippen LogP contribution in [-0.2, 0) is 32.8 Å². The topological polar surface area (TPSA) is 120 Å². The maximum Gasteiger partial charge on any atom is 0.290 e. The van der Waals surface area contributed by atoms with Crippen molar-refractivity contribution in [2.24, 2.45) is 0 Å². The highest BCUT2D eigenvalue weighted by Gasteiger charge is 2.59. The first-order chi connectivity index (χ1) is 16.5. The molecule has 8 heteroatoms. The number of pyridine rings is 1. The number of likely N-dealkylation sites (tertiary alicyclic amines) is 1. The van der Waals surface area contributed by atoms with Crippen LogP contribution in [0.2, 0.25) is 0 Å². The average molecular weight is 460 g/mol. The van der Waals surface area contributed by atoms with Crippen LogP contribution in [0.5, 0.6) is 0 Å². The Hall–Kier alpha value is -4.04. The van der Waals surface area contributed by atoms with Crippen LogP contribution in [0.4, 0.5) is 5.69 Å². The number of carboxylic acid groups (broad SMARTS) is 1. The molecule has 2 amide bonds. The molecule has 3 N–H and O–H groups in total. The van der Waals surface area contributed by atoms with Crippen molar-refractivity contribution in [2.75, 3.05) is 11.9 Å². The molecule has 1 spiro atoms. The Morgan fingerprint density at radius 2 is 1.82 bits per heavy atom. The Labute approximate surface area is 196 Å². The molecule has 2 aliphatic rings. The van der Waals surface area contributed by atoms with E-state index in [0.717, 1.165) is 27.9 Å². The second kappa shape index (κ2) is 9.84. The standard InChI is InChI=1S/C25H23N3O3.CH2O2/c29-16-18-9-7-17(8-10-18)14-22(30)28-13-11-25(23(28)19-4-3-12-26-15-19)20-5-1-2-6-21(20)27-24(25)31;2-1-3/h1-10,12,15,23,29H,11,13-14,16H2,(H,27,31);1H,(H,2,3). The molecule has 3 heterocycles. The maximum absolute atomic E-state index is 13.4. The molecule has 5 rings (SSSR count). The summed E-state index contributed by atoms with van der Waals surface area (Å²) < 4.78 is 0. The monoisotopic (exact) mass is 459 g/mol. The number of aromatic nitrogens is 1. The highest BCUT2D eigenvalue weighted by Crippen LogP contribution is 2.54. The van der Waals surface area contributed by atoms with Gasteiger partial charge in [-0.1, -0.05) is 48.5 Å². The fraction of sp³-hybridized carbons (Fsp3) is 0.231. The molecule has 2 aliphatic heterocycles. The minimum Gasteiger partial charge on any atom is -0.483 e. The number of carbonyl (C=O) groups is 3. The lowest BCUT2D eigenvalue weighted by molar-refractivity contribution is -0.133. The van der Waals surface area contributed by atoms with Crippen molar-refractivity contribution < 1.29 is 24.6 Å². The van der Waals surface area contributed by atoms with Crippen LogP contribution in [0.1, 0.15) is 34.7 Å². The van der Waals surface area contributed by atoms with Crippen LogP contribution < -0.4 is 5.32 Å². The average Bonchev–Trinajstić information content (AvgIpc) is 3.40. The van der Waals surface area contributed by atoms with E-state index in [-0.39, 0.29) is 31.3 Å². The number of benzene rings is 2. The zero-order chi connectivity index (χ0) is 24.1. The number of rotatable bonds is 4. The molecular formula is C26H25N3O5. The minimum absolute atomic E-state index is 0.0273. The van der Waals surface area contributed by atoms with E-state index in [1.54, 1.807) is 12.4 Å². The highest BCUT2D eigenvalue weighted by molar-refractivity contribution is 6.07. The van der Waals surface area contributed by atoms with Crippen molar-refractivity contribution in [1.82, 2.24) is 9.88 Å². The molecule has 3 aromatic rings. The van der Waals surface area contributed by atoms with Gasteiger partial charge in [0.1, 0.15) is 5.41 Å². The summed E-state index contributed by atoms with van der Waals surface area (Å²) in [6, 6.07) is 18.5. The predicted molar refractivity (Wildman–Crippen MR) is 125 cm³/mol. The van der Waals surface area contributed by atoms with E-state index in [1.807, 2.05) is 65.6 Å². The second-order valence-electron chi connectivity index (χ2n) is 8.25. The summed E-state index contributed by atoms with van der Waals surface area (Å²) in [6.45, 7) is 0.218. The van der Waals surface area contributed by atoms with Gasteiger partial charge >= 0.3 is 0 Å². The van der Waals surface area contributed by atoms with Crippen LogP contribution in [0.25, 0.3) is 0 Å². The van der Waals surface area contributed by atoms with Gasteiger partial charge in [0, 0.05) is 24.6 Å². The molecule has 1 saturated heterocycles. The summed E-state index contributed by atoms with van der Waals surface area (Å²) >= 11 is 0. The largest absolute Gasteiger partial charge is 0.483 e. The van der Waals surface area contributed by atoms with Crippen molar-refractivity contribution in [1.29, 1.82) is 0 Å². The van der Waals surface area contributed by atoms with E-state index in [4.69, 9.17) is 9.90 Å². The normalized spacial score (nSPS) is 20.3. The first kappa shape index (κ1) is 23.1. The third-order valence-electron chi connectivity index (χ3n) is 6.47. The van der Waals surface area contributed by atoms with Gasteiger partial charge in [0.15, 0.2) is 0 Å². The lowest BCUT2D eigenvalue weighted by Gasteiger charge is -2.34. The van der Waals surface area contributed by atoms with Crippen molar-refractivity contribution in [3.8, 4) is 0 Å². The van der Waals surface area contributed by atoms with Gasteiger partial charge < -0.3 is 20.4 Å². The van der Waals surface area contributed by atoms with E-state index in [9.17, 15) is 14.7 Å². The van der Waals surface area contributed by atoms with Crippen molar-refractivity contribution in [2.45, 2.75) is 30.9 Å². The summed E-state index contributed by atoms with van der Waals surface area (Å²) in [5, 5.41) is 19.2. The summed E-state index contributed by atoms with van der Waals surface area (Å²) in [5.41, 5.74) is 3.48. The quantitative estimate of drug-likeness (QED) is 0.516. The van der Waals surface area contributed by atoms with Gasteiger partial charge in [0.2, 0.25) is 11.8 Å². The number of carbonyl (C=O) groups excluding carboxylic acids is 2. The van der Waals surface area contributed by atoms with E-state index in [1.165, 1.54) is 0 Å². The SMILES string of the molecule is O=C(Cc1ccc(CO)cc1)N1CCC2(C(=O)Nc3ccccc32)C1c1cccnc1.O=CO. The Bertz CT molecular complexity index is 1180. The molecule has 174 valence electrons. The van der Waals surface area contributed by atoms with Crippen LogP contribution >= 0.6 is 0 Å². The van der Waals surface area contributed by atoms with Gasteiger partial charge in [-0.2, -0.15) is 0 Å². The fourth-order valence-electron chi connectivity index (χ4n) is 5.00. The van der Waals surface area contributed by atoms with Crippen LogP contribution in [0.15, 0.2) is 73.1 Å². The number of hydrogen-bond donors (Lipinski definition) is 3. The lowest BCUT2D eigenvalue weighted by atomic mass is 9.73. The van der Waals surface area contributed by atoms with Gasteiger partial charge in [-0.25, -0.2) is 0 Å². The number of anilines is 1. The summed E-state index contributed by atoms with van der Waals surface area (Å²) in [4.78, 5) is 41.2. The molecule has 1 fully saturated rings. The number of aliphatic hydroxyl groups excluding tert-OH is 1. The molecule has 0 radical (unpaired) electrons. The molecule has 2 unspecified atom stereocenters. The van der Waals surface area contributed by atoms with Gasteiger partial charge in [-0.05, 0) is 40.8 Å². The fourth-order valence-corrected chi connectivity index (χ4v) is 5.00. The number of amides is 2. The highest BCUT2D eigenvalue weighted by atomic mass is 16.3. The third kappa shape index (κ3) is 4.04. The molecule has 2 atom stereocenters. The number of aliphatic hydroxyl groups is 1. The van der Waals surface area contributed by atoms with Crippen LogP contribution in [-0.4, -0.2) is 44.9 Å². The van der Waals surface area contributed by atoms with Crippen LogP contribution in [0.3, 0.4) is 0 Å². The minimum atomic E-state index is -0.823. The Kier molecular flexibility index (Phi) is 6.70. The number of nitrogens with one attached hydrogen (secondary N) is 1. The molecule has 8 nitrogen and oxygen atoms in total. The molecular weight excluding hydrogens is 434 g/mol. The Balaban J connectivity index is 0.000000868. The number of fused-ring (bicyclic) bond motifs is 2. The van der Waals surface area contributed by atoms with Crippen molar-refractivity contribution in [3.63, 3.8) is 0 Å². The van der Waals surface area contributed by atoms with Gasteiger partial charge in [-0.15, -0.1) is 0 Å². The van der Waals surface area contributed by atoms with E-state index in [0.29, 0.717) is 13.0 Å². The van der Waals surface area contributed by atoms with E-state index < -0.39 is 11.5 Å². The van der Waals surface area contributed by atoms with E-state index in [2.05, 4.69) is 10.3 Å². The Morgan fingerprint density at radius 1 is 1.12 bits per heavy atom. The first-order valence-electron chi connectivity index (χ1n) is 10.9. The van der Waals surface area contributed by atoms with Crippen LogP contribution in [0, 0.1) is 0 Å². The molecule has 1 aromatic heterocycles. The van der Waals surface area contributed by atoms with Crippen molar-refractivity contribution >= 4 is 24.0 Å². The maximum atomic E-state index is 13.4.